The normalized spacial score (nSPS) is 11.1. The third kappa shape index (κ3) is 5.05. The number of hydrogen-bond donors (Lipinski definition) is 0. The topological polar surface area (TPSA) is 79.4 Å². The summed E-state index contributed by atoms with van der Waals surface area (Å²) in [5, 5.41) is 3.92. The number of hydrogen-bond acceptors (Lipinski definition) is 6. The average molecular weight is 457 g/mol. The lowest BCUT2D eigenvalue weighted by atomic mass is 10.2. The van der Waals surface area contributed by atoms with Crippen LogP contribution in [0.1, 0.15) is 11.3 Å². The van der Waals surface area contributed by atoms with Crippen molar-refractivity contribution in [1.82, 2.24) is 14.7 Å². The molecule has 0 bridgehead atoms. The van der Waals surface area contributed by atoms with E-state index >= 15 is 0 Å². The second kappa shape index (κ2) is 9.60. The molecule has 2 aromatic heterocycles. The van der Waals surface area contributed by atoms with E-state index in [4.69, 9.17) is 9.26 Å². The lowest BCUT2D eigenvalue weighted by molar-refractivity contribution is -0.0498. The number of aromatic nitrogens is 3. The number of rotatable bonds is 8. The molecule has 0 saturated carbocycles. The number of pyridine rings is 1. The molecular formula is C23H18F3N3O4. The molecule has 10 heteroatoms. The number of nitrogens with zero attached hydrogens (tertiary/aromatic N) is 3. The molecule has 0 aliphatic carbocycles. The highest BCUT2D eigenvalue weighted by molar-refractivity contribution is 5.60. The van der Waals surface area contributed by atoms with Crippen LogP contribution in [-0.2, 0) is 6.54 Å². The quantitative estimate of drug-likeness (QED) is 0.377. The molecule has 2 heterocycles. The van der Waals surface area contributed by atoms with Gasteiger partial charge in [-0.05, 0) is 61.0 Å². The van der Waals surface area contributed by atoms with Gasteiger partial charge in [-0.15, -0.1) is 0 Å². The molecule has 0 unspecified atom stereocenters. The van der Waals surface area contributed by atoms with Gasteiger partial charge in [0.15, 0.2) is 0 Å². The van der Waals surface area contributed by atoms with Gasteiger partial charge >= 0.3 is 6.61 Å². The van der Waals surface area contributed by atoms with Gasteiger partial charge in [-0.3, -0.25) is 4.79 Å². The molecule has 170 valence electrons. The fraction of sp³-hybridized carbons (Fsp3) is 0.174. The lowest BCUT2D eigenvalue weighted by Crippen LogP contribution is -2.24. The van der Waals surface area contributed by atoms with E-state index in [1.54, 1.807) is 55.5 Å². The Morgan fingerprint density at radius 1 is 1.06 bits per heavy atom. The zero-order chi connectivity index (χ0) is 23.4. The van der Waals surface area contributed by atoms with Gasteiger partial charge < -0.3 is 18.6 Å². The minimum Gasteiger partial charge on any atom is -0.463 e. The van der Waals surface area contributed by atoms with Gasteiger partial charge in [0.2, 0.25) is 12.7 Å². The third-order valence-electron chi connectivity index (χ3n) is 4.85. The Kier molecular flexibility index (Phi) is 6.43. The molecule has 0 radical (unpaired) electrons. The molecule has 0 atom stereocenters. The van der Waals surface area contributed by atoms with Gasteiger partial charge in [0.05, 0.1) is 6.54 Å². The smallest absolute Gasteiger partial charge is 0.387 e. The van der Waals surface area contributed by atoms with Gasteiger partial charge in [-0.25, -0.2) is 4.39 Å². The molecular weight excluding hydrogens is 439 g/mol. The molecule has 0 fully saturated rings. The van der Waals surface area contributed by atoms with Crippen LogP contribution in [0.3, 0.4) is 0 Å². The summed E-state index contributed by atoms with van der Waals surface area (Å²) in [6.07, 6.45) is 0. The minimum absolute atomic E-state index is 0.00818. The van der Waals surface area contributed by atoms with Gasteiger partial charge in [-0.2, -0.15) is 13.8 Å². The monoisotopic (exact) mass is 457 g/mol. The van der Waals surface area contributed by atoms with Gasteiger partial charge in [0, 0.05) is 11.3 Å². The summed E-state index contributed by atoms with van der Waals surface area (Å²) in [5.74, 6) is 0.644. The Morgan fingerprint density at radius 3 is 2.58 bits per heavy atom. The SMILES string of the molecule is Cc1ccc(-c2nc(-c3ccc(OCF)cc3)no2)c(=O)n1Cc1cccc(OC(F)F)c1. The summed E-state index contributed by atoms with van der Waals surface area (Å²) < 4.78 is 53.3. The van der Waals surface area contributed by atoms with E-state index in [0.717, 1.165) is 0 Å². The van der Waals surface area contributed by atoms with Crippen LogP contribution in [0, 0.1) is 6.92 Å². The Bertz CT molecular complexity index is 1300. The summed E-state index contributed by atoms with van der Waals surface area (Å²) in [7, 11) is 0. The highest BCUT2D eigenvalue weighted by Crippen LogP contribution is 2.23. The summed E-state index contributed by atoms with van der Waals surface area (Å²) in [6.45, 7) is -1.98. The van der Waals surface area contributed by atoms with Crippen molar-refractivity contribution in [2.45, 2.75) is 20.1 Å². The van der Waals surface area contributed by atoms with Crippen molar-refractivity contribution >= 4 is 0 Å². The van der Waals surface area contributed by atoms with Crippen molar-refractivity contribution < 1.29 is 27.2 Å². The van der Waals surface area contributed by atoms with Crippen LogP contribution in [-0.4, -0.2) is 28.2 Å². The molecule has 33 heavy (non-hydrogen) atoms. The molecule has 2 aromatic carbocycles. The first kappa shape index (κ1) is 22.1. The highest BCUT2D eigenvalue weighted by atomic mass is 19.3. The maximum atomic E-state index is 13.2. The van der Waals surface area contributed by atoms with Crippen molar-refractivity contribution in [3.8, 4) is 34.3 Å². The van der Waals surface area contributed by atoms with E-state index in [1.807, 2.05) is 0 Å². The maximum Gasteiger partial charge on any atom is 0.387 e. The van der Waals surface area contributed by atoms with Crippen LogP contribution in [0.2, 0.25) is 0 Å². The van der Waals surface area contributed by atoms with E-state index in [0.29, 0.717) is 22.6 Å². The molecule has 0 N–H and O–H groups in total. The average Bonchev–Trinajstić information content (AvgIpc) is 3.27. The number of ether oxygens (including phenoxy) is 2. The van der Waals surface area contributed by atoms with Crippen molar-refractivity contribution in [2.24, 2.45) is 0 Å². The number of halogens is 3. The van der Waals surface area contributed by atoms with Crippen LogP contribution < -0.4 is 15.0 Å². The van der Waals surface area contributed by atoms with Crippen molar-refractivity contribution in [2.75, 3.05) is 6.86 Å². The Hall–Kier alpha value is -4.08. The summed E-state index contributed by atoms with van der Waals surface area (Å²) >= 11 is 0. The van der Waals surface area contributed by atoms with E-state index < -0.39 is 13.5 Å². The molecule has 0 spiro atoms. The van der Waals surface area contributed by atoms with E-state index in [-0.39, 0.29) is 35.1 Å². The van der Waals surface area contributed by atoms with Crippen LogP contribution in [0.15, 0.2) is 70.0 Å². The third-order valence-corrected chi connectivity index (χ3v) is 4.85. The molecule has 0 amide bonds. The van der Waals surface area contributed by atoms with Gasteiger partial charge in [0.25, 0.3) is 11.4 Å². The van der Waals surface area contributed by atoms with Crippen LogP contribution in [0.4, 0.5) is 13.2 Å². The minimum atomic E-state index is -2.94. The predicted molar refractivity (Wildman–Crippen MR) is 113 cm³/mol. The van der Waals surface area contributed by atoms with E-state index in [2.05, 4.69) is 14.9 Å². The first-order chi connectivity index (χ1) is 15.9. The van der Waals surface area contributed by atoms with E-state index in [1.165, 1.54) is 16.7 Å². The second-order valence-corrected chi connectivity index (χ2v) is 7.01. The Balaban J connectivity index is 1.62. The number of aryl methyl sites for hydroxylation is 1. The predicted octanol–water partition coefficient (Wildman–Crippen LogP) is 4.83. The molecule has 7 nitrogen and oxygen atoms in total. The highest BCUT2D eigenvalue weighted by Gasteiger charge is 2.17. The zero-order valence-electron chi connectivity index (χ0n) is 17.4. The second-order valence-electron chi connectivity index (χ2n) is 7.01. The molecule has 4 aromatic rings. The van der Waals surface area contributed by atoms with Crippen LogP contribution >= 0.6 is 0 Å². The Labute approximate surface area is 186 Å². The summed E-state index contributed by atoms with van der Waals surface area (Å²) in [4.78, 5) is 17.5. The summed E-state index contributed by atoms with van der Waals surface area (Å²) in [5.41, 5.74) is 1.68. The Morgan fingerprint density at radius 2 is 1.85 bits per heavy atom. The maximum absolute atomic E-state index is 13.2. The first-order valence-corrected chi connectivity index (χ1v) is 9.82. The van der Waals surface area contributed by atoms with Crippen LogP contribution in [0.25, 0.3) is 22.8 Å². The van der Waals surface area contributed by atoms with E-state index in [9.17, 15) is 18.0 Å². The molecule has 4 rings (SSSR count). The fourth-order valence-corrected chi connectivity index (χ4v) is 3.25. The lowest BCUT2D eigenvalue weighted by Gasteiger charge is -2.12. The van der Waals surface area contributed by atoms with Crippen molar-refractivity contribution in [1.29, 1.82) is 0 Å². The number of alkyl halides is 3. The standard InChI is InChI=1S/C23H18F3N3O4/c1-14-5-10-19(21-27-20(28-33-21)16-6-8-17(9-7-16)31-13-24)22(30)29(14)12-15-3-2-4-18(11-15)32-23(25)26/h2-11,23H,12-13H2,1H3. The largest absolute Gasteiger partial charge is 0.463 e. The van der Waals surface area contributed by atoms with Crippen molar-refractivity contribution in [3.63, 3.8) is 0 Å². The zero-order valence-corrected chi connectivity index (χ0v) is 17.4. The van der Waals surface area contributed by atoms with Crippen molar-refractivity contribution in [3.05, 3.63) is 82.3 Å². The fourth-order valence-electron chi connectivity index (χ4n) is 3.25. The van der Waals surface area contributed by atoms with Gasteiger partial charge in [-0.1, -0.05) is 17.3 Å². The molecule has 0 saturated heterocycles. The van der Waals surface area contributed by atoms with Crippen LogP contribution in [0.5, 0.6) is 11.5 Å². The molecule has 0 aliphatic heterocycles. The first-order valence-electron chi connectivity index (χ1n) is 9.82. The van der Waals surface area contributed by atoms with Gasteiger partial charge in [0.1, 0.15) is 17.1 Å². The molecule has 0 aliphatic rings. The number of benzene rings is 2. The summed E-state index contributed by atoms with van der Waals surface area (Å²) in [6, 6.07) is 15.9.